The number of carbonyl (C=O) groups is 1. The van der Waals surface area contributed by atoms with Gasteiger partial charge in [-0.15, -0.1) is 0 Å². The molecule has 26 heavy (non-hydrogen) atoms. The summed E-state index contributed by atoms with van der Waals surface area (Å²) in [7, 11) is 0. The predicted octanol–water partition coefficient (Wildman–Crippen LogP) is 4.45. The molecule has 0 aliphatic heterocycles. The SMILES string of the molecule is Cc1ccccc1-c1ccc(C(=O)O/N=C(\N)c2ccccc2)cc1C. The molecule has 0 aliphatic rings. The minimum atomic E-state index is -0.539. The highest BCUT2D eigenvalue weighted by Gasteiger charge is 2.12. The molecule has 2 N–H and O–H groups in total. The zero-order valence-electron chi connectivity index (χ0n) is 14.8. The van der Waals surface area contributed by atoms with E-state index in [-0.39, 0.29) is 5.84 Å². The van der Waals surface area contributed by atoms with Crippen molar-refractivity contribution < 1.29 is 9.63 Å². The Labute approximate surface area is 152 Å². The van der Waals surface area contributed by atoms with Crippen molar-refractivity contribution in [3.05, 3.63) is 95.1 Å². The Balaban J connectivity index is 1.79. The van der Waals surface area contributed by atoms with Gasteiger partial charge >= 0.3 is 5.97 Å². The van der Waals surface area contributed by atoms with Gasteiger partial charge in [0.25, 0.3) is 0 Å². The van der Waals surface area contributed by atoms with Crippen LogP contribution in [0.25, 0.3) is 11.1 Å². The van der Waals surface area contributed by atoms with Gasteiger partial charge in [-0.25, -0.2) is 4.79 Å². The van der Waals surface area contributed by atoms with Crippen LogP contribution in [0.2, 0.25) is 0 Å². The monoisotopic (exact) mass is 344 g/mol. The molecular weight excluding hydrogens is 324 g/mol. The highest BCUT2D eigenvalue weighted by molar-refractivity contribution is 5.98. The molecule has 3 aromatic rings. The average molecular weight is 344 g/mol. The molecule has 130 valence electrons. The Morgan fingerprint density at radius 3 is 2.15 bits per heavy atom. The zero-order valence-corrected chi connectivity index (χ0v) is 14.8. The van der Waals surface area contributed by atoms with Crippen LogP contribution in [0.4, 0.5) is 0 Å². The highest BCUT2D eigenvalue weighted by atomic mass is 16.7. The van der Waals surface area contributed by atoms with E-state index in [1.54, 1.807) is 24.3 Å². The molecule has 0 saturated heterocycles. The third-order valence-electron chi connectivity index (χ3n) is 4.19. The minimum Gasteiger partial charge on any atom is -0.380 e. The van der Waals surface area contributed by atoms with Gasteiger partial charge in [-0.1, -0.05) is 65.8 Å². The van der Waals surface area contributed by atoms with E-state index in [4.69, 9.17) is 10.6 Å². The molecule has 0 aliphatic carbocycles. The number of amidine groups is 1. The van der Waals surface area contributed by atoms with Crippen LogP contribution in [0.5, 0.6) is 0 Å². The van der Waals surface area contributed by atoms with Crippen LogP contribution in [-0.2, 0) is 4.84 Å². The van der Waals surface area contributed by atoms with E-state index in [0.717, 1.165) is 16.7 Å². The number of carbonyl (C=O) groups excluding carboxylic acids is 1. The molecule has 0 atom stereocenters. The molecule has 0 unspecified atom stereocenters. The third-order valence-corrected chi connectivity index (χ3v) is 4.19. The van der Waals surface area contributed by atoms with Crippen molar-refractivity contribution in [1.82, 2.24) is 0 Å². The maximum Gasteiger partial charge on any atom is 0.365 e. The Morgan fingerprint density at radius 2 is 1.46 bits per heavy atom. The molecule has 0 bridgehead atoms. The molecule has 0 amide bonds. The topological polar surface area (TPSA) is 64.7 Å². The summed E-state index contributed by atoms with van der Waals surface area (Å²) in [5.74, 6) is -0.379. The Kier molecular flexibility index (Phi) is 5.13. The predicted molar refractivity (Wildman–Crippen MR) is 104 cm³/mol. The molecule has 4 heteroatoms. The maximum absolute atomic E-state index is 12.3. The van der Waals surface area contributed by atoms with Gasteiger partial charge in [0.05, 0.1) is 5.56 Å². The van der Waals surface area contributed by atoms with E-state index in [9.17, 15) is 4.79 Å². The van der Waals surface area contributed by atoms with E-state index in [1.807, 2.05) is 43.3 Å². The number of nitrogens with zero attached hydrogens (tertiary/aromatic N) is 1. The van der Waals surface area contributed by atoms with Gasteiger partial charge < -0.3 is 10.6 Å². The molecule has 0 spiro atoms. The number of benzene rings is 3. The van der Waals surface area contributed by atoms with Gasteiger partial charge in [-0.3, -0.25) is 0 Å². The van der Waals surface area contributed by atoms with Crippen LogP contribution in [0, 0.1) is 13.8 Å². The van der Waals surface area contributed by atoms with E-state index < -0.39 is 5.97 Å². The number of oxime groups is 1. The number of aryl methyl sites for hydroxylation is 2. The molecule has 0 radical (unpaired) electrons. The van der Waals surface area contributed by atoms with Gasteiger partial charge in [-0.05, 0) is 48.2 Å². The number of hydrogen-bond acceptors (Lipinski definition) is 3. The first kappa shape index (κ1) is 17.4. The molecule has 0 fully saturated rings. The van der Waals surface area contributed by atoms with Crippen LogP contribution in [-0.4, -0.2) is 11.8 Å². The molecular formula is C22H20N2O2. The summed E-state index contributed by atoms with van der Waals surface area (Å²) in [6.07, 6.45) is 0. The normalized spacial score (nSPS) is 11.2. The molecule has 0 heterocycles. The van der Waals surface area contributed by atoms with Crippen LogP contribution in [0.15, 0.2) is 78.0 Å². The summed E-state index contributed by atoms with van der Waals surface area (Å²) in [4.78, 5) is 17.3. The first-order valence-corrected chi connectivity index (χ1v) is 8.33. The summed E-state index contributed by atoms with van der Waals surface area (Å²) >= 11 is 0. The second kappa shape index (κ2) is 7.66. The Bertz CT molecular complexity index is 963. The second-order valence-corrected chi connectivity index (χ2v) is 6.07. The van der Waals surface area contributed by atoms with Crippen molar-refractivity contribution in [3.8, 4) is 11.1 Å². The summed E-state index contributed by atoms with van der Waals surface area (Å²) in [6.45, 7) is 4.04. The van der Waals surface area contributed by atoms with Gasteiger partial charge in [-0.2, -0.15) is 0 Å². The molecule has 3 rings (SSSR count). The Morgan fingerprint density at radius 1 is 0.808 bits per heavy atom. The molecule has 4 nitrogen and oxygen atoms in total. The summed E-state index contributed by atoms with van der Waals surface area (Å²) in [6, 6.07) is 22.8. The van der Waals surface area contributed by atoms with Crippen LogP contribution in [0.1, 0.15) is 27.0 Å². The highest BCUT2D eigenvalue weighted by Crippen LogP contribution is 2.27. The number of nitrogens with two attached hydrogens (primary N) is 1. The largest absolute Gasteiger partial charge is 0.380 e. The minimum absolute atomic E-state index is 0.159. The Hall–Kier alpha value is -3.40. The fourth-order valence-electron chi connectivity index (χ4n) is 2.77. The van der Waals surface area contributed by atoms with E-state index in [0.29, 0.717) is 11.1 Å². The quantitative estimate of drug-likeness (QED) is 0.329. The van der Waals surface area contributed by atoms with Crippen LogP contribution < -0.4 is 5.73 Å². The number of rotatable bonds is 4. The van der Waals surface area contributed by atoms with E-state index >= 15 is 0 Å². The summed E-state index contributed by atoms with van der Waals surface area (Å²) in [5.41, 5.74) is 11.4. The lowest BCUT2D eigenvalue weighted by Crippen LogP contribution is -2.15. The van der Waals surface area contributed by atoms with Gasteiger partial charge in [0, 0.05) is 5.56 Å². The van der Waals surface area contributed by atoms with Crippen LogP contribution >= 0.6 is 0 Å². The molecule has 0 saturated carbocycles. The van der Waals surface area contributed by atoms with Crippen molar-refractivity contribution in [2.75, 3.05) is 0 Å². The summed E-state index contributed by atoms with van der Waals surface area (Å²) < 4.78 is 0. The fourth-order valence-corrected chi connectivity index (χ4v) is 2.77. The zero-order chi connectivity index (χ0) is 18.5. The lowest BCUT2D eigenvalue weighted by Gasteiger charge is -2.10. The van der Waals surface area contributed by atoms with Crippen molar-refractivity contribution in [1.29, 1.82) is 0 Å². The van der Waals surface area contributed by atoms with Crippen molar-refractivity contribution >= 4 is 11.8 Å². The third kappa shape index (κ3) is 3.81. The number of hydrogen-bond donors (Lipinski definition) is 1. The fraction of sp³-hybridized carbons (Fsp3) is 0.0909. The summed E-state index contributed by atoms with van der Waals surface area (Å²) in [5, 5.41) is 3.74. The second-order valence-electron chi connectivity index (χ2n) is 6.07. The average Bonchev–Trinajstić information content (AvgIpc) is 2.67. The van der Waals surface area contributed by atoms with Crippen molar-refractivity contribution in [2.24, 2.45) is 10.9 Å². The lowest BCUT2D eigenvalue weighted by molar-refractivity contribution is 0.0516. The van der Waals surface area contributed by atoms with Gasteiger partial charge in [0.2, 0.25) is 0 Å². The van der Waals surface area contributed by atoms with Crippen LogP contribution in [0.3, 0.4) is 0 Å². The maximum atomic E-state index is 12.3. The standard InChI is InChI=1S/C22H20N2O2/c1-15-8-6-7-11-19(15)20-13-12-18(14-16(20)2)22(25)26-24-21(23)17-9-4-3-5-10-17/h3-14H,1-2H3,(H2,23,24). The van der Waals surface area contributed by atoms with E-state index in [1.165, 1.54) is 5.56 Å². The van der Waals surface area contributed by atoms with Crippen molar-refractivity contribution in [2.45, 2.75) is 13.8 Å². The van der Waals surface area contributed by atoms with E-state index in [2.05, 4.69) is 24.2 Å². The molecule has 3 aromatic carbocycles. The van der Waals surface area contributed by atoms with Crippen molar-refractivity contribution in [3.63, 3.8) is 0 Å². The lowest BCUT2D eigenvalue weighted by atomic mass is 9.95. The first-order chi connectivity index (χ1) is 12.6. The van der Waals surface area contributed by atoms with Gasteiger partial charge in [0.1, 0.15) is 0 Å². The van der Waals surface area contributed by atoms with Gasteiger partial charge in [0.15, 0.2) is 5.84 Å². The first-order valence-electron chi connectivity index (χ1n) is 8.33. The smallest absolute Gasteiger partial charge is 0.365 e. The molecule has 0 aromatic heterocycles.